The molecule has 0 spiro atoms. The first-order valence-corrected chi connectivity index (χ1v) is 10.1. The molecule has 4 nitrogen and oxygen atoms in total. The van der Waals surface area contributed by atoms with E-state index in [0.717, 1.165) is 32.3 Å². The summed E-state index contributed by atoms with van der Waals surface area (Å²) >= 11 is 0. The smallest absolute Gasteiger partial charge is 0.305 e. The summed E-state index contributed by atoms with van der Waals surface area (Å²) in [5.41, 5.74) is 0. The molecule has 0 bridgehead atoms. The van der Waals surface area contributed by atoms with Gasteiger partial charge in [-0.05, 0) is 19.3 Å². The second-order valence-corrected chi connectivity index (χ2v) is 6.38. The van der Waals surface area contributed by atoms with E-state index in [-0.39, 0.29) is 5.97 Å². The molecule has 0 unspecified atom stereocenters. The molecule has 0 aromatic carbocycles. The molecule has 0 amide bonds. The van der Waals surface area contributed by atoms with Crippen LogP contribution in [0.25, 0.3) is 0 Å². The van der Waals surface area contributed by atoms with Crippen LogP contribution in [0, 0.1) is 0 Å². The Kier molecular flexibility index (Phi) is 19.9. The van der Waals surface area contributed by atoms with Crippen molar-refractivity contribution in [2.45, 2.75) is 90.9 Å². The van der Waals surface area contributed by atoms with Crippen LogP contribution in [0.5, 0.6) is 0 Å². The predicted octanol–water partition coefficient (Wildman–Crippen LogP) is 5.28. The van der Waals surface area contributed by atoms with Gasteiger partial charge in [0.05, 0.1) is 19.8 Å². The summed E-state index contributed by atoms with van der Waals surface area (Å²) in [6.07, 6.45) is 13.5. The molecule has 0 saturated carbocycles. The van der Waals surface area contributed by atoms with Gasteiger partial charge in [-0.1, -0.05) is 65.2 Å². The highest BCUT2D eigenvalue weighted by molar-refractivity contribution is 5.69. The van der Waals surface area contributed by atoms with Gasteiger partial charge in [0.2, 0.25) is 0 Å². The van der Waals surface area contributed by atoms with E-state index in [2.05, 4.69) is 13.8 Å². The lowest BCUT2D eigenvalue weighted by Crippen LogP contribution is -2.09. The summed E-state index contributed by atoms with van der Waals surface area (Å²) in [6, 6.07) is 0. The number of unbranched alkanes of at least 4 members (excludes halogenated alkanes) is 8. The van der Waals surface area contributed by atoms with Gasteiger partial charge in [-0.25, -0.2) is 0 Å². The van der Waals surface area contributed by atoms with Gasteiger partial charge in [-0.3, -0.25) is 4.79 Å². The van der Waals surface area contributed by atoms with Gasteiger partial charge in [0.1, 0.15) is 0 Å². The molecule has 0 aromatic heterocycles. The lowest BCUT2D eigenvalue weighted by Gasteiger charge is -2.06. The molecule has 0 aromatic rings. The molecule has 4 heteroatoms. The molecular formula is C20H40O4. The number of carbonyl (C=O) groups excluding carboxylic acids is 1. The van der Waals surface area contributed by atoms with Gasteiger partial charge in [0.25, 0.3) is 0 Å². The Labute approximate surface area is 149 Å². The average molecular weight is 345 g/mol. The maximum Gasteiger partial charge on any atom is 0.305 e. The van der Waals surface area contributed by atoms with Crippen LogP contribution < -0.4 is 0 Å². The van der Waals surface area contributed by atoms with Gasteiger partial charge in [0.15, 0.2) is 0 Å². The molecule has 0 N–H and O–H groups in total. The van der Waals surface area contributed by atoms with E-state index in [9.17, 15) is 4.79 Å². The van der Waals surface area contributed by atoms with Crippen LogP contribution in [0.4, 0.5) is 0 Å². The highest BCUT2D eigenvalue weighted by Gasteiger charge is 2.02. The van der Waals surface area contributed by atoms with Gasteiger partial charge in [-0.15, -0.1) is 0 Å². The van der Waals surface area contributed by atoms with Crippen LogP contribution in [-0.2, 0) is 19.0 Å². The summed E-state index contributed by atoms with van der Waals surface area (Å²) in [5.74, 6) is -0.0965. The van der Waals surface area contributed by atoms with Crippen molar-refractivity contribution >= 4 is 5.97 Å². The lowest BCUT2D eigenvalue weighted by molar-refractivity contribution is -0.144. The van der Waals surface area contributed by atoms with Gasteiger partial charge >= 0.3 is 5.97 Å². The minimum atomic E-state index is -0.0965. The number of hydrogen-bond donors (Lipinski definition) is 0. The fourth-order valence-electron chi connectivity index (χ4n) is 2.38. The van der Waals surface area contributed by atoms with Crippen LogP contribution >= 0.6 is 0 Å². The number of ether oxygens (including phenoxy) is 3. The van der Waals surface area contributed by atoms with E-state index >= 15 is 0 Å². The molecule has 0 rings (SSSR count). The maximum absolute atomic E-state index is 11.6. The number of carbonyl (C=O) groups is 1. The number of esters is 1. The van der Waals surface area contributed by atoms with E-state index in [4.69, 9.17) is 14.2 Å². The third-order valence-corrected chi connectivity index (χ3v) is 3.94. The molecule has 144 valence electrons. The Balaban J connectivity index is 3.13. The van der Waals surface area contributed by atoms with Crippen molar-refractivity contribution in [3.63, 3.8) is 0 Å². The zero-order valence-electron chi connectivity index (χ0n) is 16.2. The highest BCUT2D eigenvalue weighted by atomic mass is 16.5. The molecule has 0 aliphatic carbocycles. The predicted molar refractivity (Wildman–Crippen MR) is 99.3 cm³/mol. The van der Waals surface area contributed by atoms with E-state index in [1.54, 1.807) is 0 Å². The minimum Gasteiger partial charge on any atom is -0.466 e. The number of hydrogen-bond acceptors (Lipinski definition) is 4. The molecule has 0 saturated heterocycles. The van der Waals surface area contributed by atoms with Crippen LogP contribution in [-0.4, -0.2) is 39.0 Å². The number of rotatable bonds is 19. The molecule has 0 aliphatic rings. The van der Waals surface area contributed by atoms with Crippen molar-refractivity contribution < 1.29 is 19.0 Å². The Morgan fingerprint density at radius 1 is 0.583 bits per heavy atom. The zero-order valence-corrected chi connectivity index (χ0v) is 16.2. The van der Waals surface area contributed by atoms with Gasteiger partial charge in [-0.2, -0.15) is 0 Å². The zero-order chi connectivity index (χ0) is 17.7. The van der Waals surface area contributed by atoms with Crippen molar-refractivity contribution in [2.75, 3.05) is 33.0 Å². The first-order valence-electron chi connectivity index (χ1n) is 10.1. The molecule has 0 atom stereocenters. The monoisotopic (exact) mass is 344 g/mol. The van der Waals surface area contributed by atoms with E-state index in [1.807, 2.05) is 0 Å². The maximum atomic E-state index is 11.6. The summed E-state index contributed by atoms with van der Waals surface area (Å²) < 4.78 is 16.1. The average Bonchev–Trinajstić information content (AvgIpc) is 2.59. The topological polar surface area (TPSA) is 44.8 Å². The quantitative estimate of drug-likeness (QED) is 0.236. The SMILES string of the molecule is CCCCCCCCCCOC(=O)CCCOCCOCCCC. The summed E-state index contributed by atoms with van der Waals surface area (Å²) in [5, 5.41) is 0. The molecular weight excluding hydrogens is 304 g/mol. The van der Waals surface area contributed by atoms with E-state index in [1.165, 1.54) is 44.9 Å². The van der Waals surface area contributed by atoms with Crippen molar-refractivity contribution in [2.24, 2.45) is 0 Å². The van der Waals surface area contributed by atoms with E-state index in [0.29, 0.717) is 32.8 Å². The third-order valence-electron chi connectivity index (χ3n) is 3.94. The fourth-order valence-corrected chi connectivity index (χ4v) is 2.38. The normalized spacial score (nSPS) is 10.9. The van der Waals surface area contributed by atoms with E-state index < -0.39 is 0 Å². The van der Waals surface area contributed by atoms with Gasteiger partial charge < -0.3 is 14.2 Å². The Hall–Kier alpha value is -0.610. The van der Waals surface area contributed by atoms with Crippen LogP contribution in [0.15, 0.2) is 0 Å². The molecule has 0 radical (unpaired) electrons. The lowest BCUT2D eigenvalue weighted by atomic mass is 10.1. The standard InChI is InChI=1S/C20H40O4/c1-3-5-7-8-9-10-11-12-17-24-20(21)14-13-16-23-19-18-22-15-6-4-2/h3-19H2,1-2H3. The van der Waals surface area contributed by atoms with Crippen LogP contribution in [0.2, 0.25) is 0 Å². The van der Waals surface area contributed by atoms with Crippen molar-refractivity contribution in [1.29, 1.82) is 0 Å². The van der Waals surface area contributed by atoms with Crippen LogP contribution in [0.1, 0.15) is 90.9 Å². The second kappa shape index (κ2) is 20.4. The fraction of sp³-hybridized carbons (Fsp3) is 0.950. The highest BCUT2D eigenvalue weighted by Crippen LogP contribution is 2.08. The van der Waals surface area contributed by atoms with Crippen molar-refractivity contribution in [3.8, 4) is 0 Å². The summed E-state index contributed by atoms with van der Waals surface area (Å²) in [6.45, 7) is 7.62. The second-order valence-electron chi connectivity index (χ2n) is 6.38. The molecule has 0 heterocycles. The largest absolute Gasteiger partial charge is 0.466 e. The van der Waals surface area contributed by atoms with Gasteiger partial charge in [0, 0.05) is 19.6 Å². The summed E-state index contributed by atoms with van der Waals surface area (Å²) in [4.78, 5) is 11.6. The van der Waals surface area contributed by atoms with Crippen LogP contribution in [0.3, 0.4) is 0 Å². The minimum absolute atomic E-state index is 0.0965. The molecule has 0 fully saturated rings. The summed E-state index contributed by atoms with van der Waals surface area (Å²) in [7, 11) is 0. The molecule has 0 aliphatic heterocycles. The third kappa shape index (κ3) is 19.4. The van der Waals surface area contributed by atoms with Crippen molar-refractivity contribution in [1.82, 2.24) is 0 Å². The molecule has 24 heavy (non-hydrogen) atoms. The first kappa shape index (κ1) is 23.4. The Morgan fingerprint density at radius 2 is 1.12 bits per heavy atom. The Bertz CT molecular complexity index is 232. The first-order chi connectivity index (χ1) is 11.8. The Morgan fingerprint density at radius 3 is 1.75 bits per heavy atom. The van der Waals surface area contributed by atoms with Crippen molar-refractivity contribution in [3.05, 3.63) is 0 Å².